The van der Waals surface area contributed by atoms with Crippen molar-refractivity contribution >= 4 is 11.4 Å². The summed E-state index contributed by atoms with van der Waals surface area (Å²) in [4.78, 5) is 7.71. The van der Waals surface area contributed by atoms with Gasteiger partial charge in [-0.05, 0) is 43.9 Å². The van der Waals surface area contributed by atoms with Crippen molar-refractivity contribution in [3.8, 4) is 5.75 Å². The van der Waals surface area contributed by atoms with Crippen molar-refractivity contribution in [3.63, 3.8) is 0 Å². The third kappa shape index (κ3) is 4.69. The molecule has 3 rings (SSSR count). The Morgan fingerprint density at radius 3 is 2.37 bits per heavy atom. The molecular formula is C22H38N4O. The topological polar surface area (TPSA) is 45.0 Å². The molecule has 1 unspecified atom stereocenters. The smallest absolute Gasteiger partial charge is 0.143 e. The van der Waals surface area contributed by atoms with Crippen LogP contribution < -0.4 is 15.4 Å². The number of anilines is 2. The molecule has 0 aliphatic carbocycles. The van der Waals surface area contributed by atoms with Gasteiger partial charge in [-0.25, -0.2) is 0 Å². The number of hydrogen-bond donors (Lipinski definition) is 1. The Kier molecular flexibility index (Phi) is 6.88. The minimum Gasteiger partial charge on any atom is -0.495 e. The van der Waals surface area contributed by atoms with Crippen LogP contribution >= 0.6 is 0 Å². The van der Waals surface area contributed by atoms with E-state index in [1.54, 1.807) is 7.11 Å². The van der Waals surface area contributed by atoms with E-state index in [0.717, 1.165) is 30.6 Å². The Morgan fingerprint density at radius 2 is 1.78 bits per heavy atom. The summed E-state index contributed by atoms with van der Waals surface area (Å²) >= 11 is 0. The van der Waals surface area contributed by atoms with Crippen LogP contribution in [-0.2, 0) is 0 Å². The lowest BCUT2D eigenvalue weighted by Crippen LogP contribution is -2.52. The molecule has 0 amide bonds. The summed E-state index contributed by atoms with van der Waals surface area (Å²) in [5.41, 5.74) is 9.71. The van der Waals surface area contributed by atoms with Gasteiger partial charge in [0.2, 0.25) is 0 Å². The molecule has 0 aromatic heterocycles. The summed E-state index contributed by atoms with van der Waals surface area (Å²) in [5, 5.41) is 0. The molecule has 5 heteroatoms. The van der Waals surface area contributed by atoms with Gasteiger partial charge in [-0.2, -0.15) is 0 Å². The zero-order chi connectivity index (χ0) is 19.4. The Labute approximate surface area is 165 Å². The predicted octanol–water partition coefficient (Wildman–Crippen LogP) is 3.40. The lowest BCUT2D eigenvalue weighted by Gasteiger charge is -2.43. The van der Waals surface area contributed by atoms with Gasteiger partial charge < -0.3 is 20.3 Å². The van der Waals surface area contributed by atoms with Gasteiger partial charge >= 0.3 is 0 Å². The van der Waals surface area contributed by atoms with Crippen LogP contribution in [0.2, 0.25) is 0 Å². The molecule has 2 heterocycles. The molecule has 1 aromatic carbocycles. The molecule has 2 saturated heterocycles. The molecule has 2 N–H and O–H groups in total. The summed E-state index contributed by atoms with van der Waals surface area (Å²) in [6.45, 7) is 11.7. The maximum atomic E-state index is 6.24. The van der Waals surface area contributed by atoms with Gasteiger partial charge in [-0.15, -0.1) is 0 Å². The third-order valence-electron chi connectivity index (χ3n) is 6.49. The molecule has 2 aliphatic rings. The molecule has 1 atom stereocenters. The number of benzene rings is 1. The first kappa shape index (κ1) is 20.3. The Bertz CT molecular complexity index is 605. The van der Waals surface area contributed by atoms with E-state index < -0.39 is 0 Å². The van der Waals surface area contributed by atoms with Gasteiger partial charge in [-0.1, -0.05) is 20.3 Å². The number of methoxy groups -OCH3 is 1. The van der Waals surface area contributed by atoms with Gasteiger partial charge in [0.25, 0.3) is 0 Å². The second kappa shape index (κ2) is 9.16. The van der Waals surface area contributed by atoms with Gasteiger partial charge in [0.05, 0.1) is 12.8 Å². The minimum absolute atomic E-state index is 0.522. The standard InChI is InChI=1S/C22H38N4O/c1-5-6-17(2)19-15-20(23)22(27-4)16-21(19)26-9-7-18(8-10-26)25-13-11-24(3)12-14-25/h15-18H,5-14,23H2,1-4H3. The van der Waals surface area contributed by atoms with Crippen LogP contribution in [0.5, 0.6) is 5.75 Å². The van der Waals surface area contributed by atoms with Crippen LogP contribution in [0.15, 0.2) is 12.1 Å². The third-order valence-corrected chi connectivity index (χ3v) is 6.49. The van der Waals surface area contributed by atoms with Crippen LogP contribution in [0.1, 0.15) is 51.0 Å². The highest BCUT2D eigenvalue weighted by molar-refractivity contribution is 5.68. The van der Waals surface area contributed by atoms with Gasteiger partial charge in [-0.3, -0.25) is 4.90 Å². The lowest BCUT2D eigenvalue weighted by molar-refractivity contribution is 0.0982. The second-order valence-electron chi connectivity index (χ2n) is 8.40. The number of ether oxygens (including phenoxy) is 1. The van der Waals surface area contributed by atoms with E-state index in [1.165, 1.54) is 63.1 Å². The minimum atomic E-state index is 0.522. The summed E-state index contributed by atoms with van der Waals surface area (Å²) in [6, 6.07) is 5.07. The van der Waals surface area contributed by atoms with Crippen LogP contribution in [0, 0.1) is 0 Å². The van der Waals surface area contributed by atoms with Crippen molar-refractivity contribution in [1.29, 1.82) is 0 Å². The van der Waals surface area contributed by atoms with Crippen molar-refractivity contribution in [3.05, 3.63) is 17.7 Å². The molecule has 0 saturated carbocycles. The number of hydrogen-bond acceptors (Lipinski definition) is 5. The Balaban J connectivity index is 1.72. The van der Waals surface area contributed by atoms with E-state index in [4.69, 9.17) is 10.5 Å². The van der Waals surface area contributed by atoms with Crippen LogP contribution in [0.25, 0.3) is 0 Å². The van der Waals surface area contributed by atoms with Gasteiger partial charge in [0.15, 0.2) is 0 Å². The molecule has 0 radical (unpaired) electrons. The molecule has 5 nitrogen and oxygen atoms in total. The molecule has 2 fully saturated rings. The number of nitrogen functional groups attached to an aromatic ring is 1. The summed E-state index contributed by atoms with van der Waals surface area (Å²) in [6.07, 6.45) is 4.88. The predicted molar refractivity (Wildman–Crippen MR) is 115 cm³/mol. The molecule has 152 valence electrons. The van der Waals surface area contributed by atoms with E-state index >= 15 is 0 Å². The lowest BCUT2D eigenvalue weighted by atomic mass is 9.92. The number of piperidine rings is 1. The maximum Gasteiger partial charge on any atom is 0.143 e. The SMILES string of the molecule is CCCC(C)c1cc(N)c(OC)cc1N1CCC(N2CCN(C)CC2)CC1. The highest BCUT2D eigenvalue weighted by atomic mass is 16.5. The summed E-state index contributed by atoms with van der Waals surface area (Å²) < 4.78 is 5.53. The van der Waals surface area contributed by atoms with Crippen molar-refractivity contribution in [2.45, 2.75) is 51.5 Å². The quantitative estimate of drug-likeness (QED) is 0.773. The maximum absolute atomic E-state index is 6.24. The molecule has 0 spiro atoms. The first-order valence-corrected chi connectivity index (χ1v) is 10.7. The fourth-order valence-corrected chi connectivity index (χ4v) is 4.70. The Morgan fingerprint density at radius 1 is 1.11 bits per heavy atom. The van der Waals surface area contributed by atoms with Crippen molar-refractivity contribution in [2.75, 3.05) is 64.1 Å². The molecule has 1 aromatic rings. The molecule has 27 heavy (non-hydrogen) atoms. The van der Waals surface area contributed by atoms with Crippen molar-refractivity contribution in [1.82, 2.24) is 9.80 Å². The monoisotopic (exact) mass is 374 g/mol. The average Bonchev–Trinajstić information content (AvgIpc) is 2.69. The fraction of sp³-hybridized carbons (Fsp3) is 0.727. The Hall–Kier alpha value is -1.46. The largest absolute Gasteiger partial charge is 0.495 e. The summed E-state index contributed by atoms with van der Waals surface area (Å²) in [7, 11) is 3.94. The van der Waals surface area contributed by atoms with Crippen LogP contribution in [0.3, 0.4) is 0 Å². The van der Waals surface area contributed by atoms with E-state index in [2.05, 4.69) is 47.7 Å². The second-order valence-corrected chi connectivity index (χ2v) is 8.40. The zero-order valence-electron chi connectivity index (χ0n) is 17.7. The number of likely N-dealkylation sites (N-methyl/N-ethyl adjacent to an activating group) is 1. The van der Waals surface area contributed by atoms with Crippen LogP contribution in [0.4, 0.5) is 11.4 Å². The first-order chi connectivity index (χ1) is 13.0. The number of nitrogens with two attached hydrogens (primary N) is 1. The van der Waals surface area contributed by atoms with Crippen molar-refractivity contribution in [2.24, 2.45) is 0 Å². The first-order valence-electron chi connectivity index (χ1n) is 10.7. The van der Waals surface area contributed by atoms with Gasteiger partial charge in [0.1, 0.15) is 5.75 Å². The number of rotatable bonds is 6. The van der Waals surface area contributed by atoms with E-state index in [0.29, 0.717) is 5.92 Å². The normalized spacial score (nSPS) is 21.4. The van der Waals surface area contributed by atoms with E-state index in [-0.39, 0.29) is 0 Å². The molecule has 2 aliphatic heterocycles. The fourth-order valence-electron chi connectivity index (χ4n) is 4.70. The number of piperazine rings is 1. The molecular weight excluding hydrogens is 336 g/mol. The summed E-state index contributed by atoms with van der Waals surface area (Å²) in [5.74, 6) is 1.33. The highest BCUT2D eigenvalue weighted by Gasteiger charge is 2.28. The molecule has 0 bridgehead atoms. The average molecular weight is 375 g/mol. The van der Waals surface area contributed by atoms with E-state index in [9.17, 15) is 0 Å². The number of nitrogens with zero attached hydrogens (tertiary/aromatic N) is 3. The van der Waals surface area contributed by atoms with Crippen molar-refractivity contribution < 1.29 is 4.74 Å². The van der Waals surface area contributed by atoms with Gasteiger partial charge in [0, 0.05) is 57.1 Å². The zero-order valence-corrected chi connectivity index (χ0v) is 17.7. The van der Waals surface area contributed by atoms with E-state index in [1.807, 2.05) is 0 Å². The van der Waals surface area contributed by atoms with Crippen LogP contribution in [-0.4, -0.2) is 69.3 Å². The highest BCUT2D eigenvalue weighted by Crippen LogP contribution is 2.38.